The SMILES string of the molecule is Cc1cc(Oc2ccccc2Br)ccc1CNC(C)(C)C. The first-order valence-electron chi connectivity index (χ1n) is 7.12. The van der Waals surface area contributed by atoms with Crippen LogP contribution in [-0.2, 0) is 6.54 Å². The smallest absolute Gasteiger partial charge is 0.141 e. The van der Waals surface area contributed by atoms with Gasteiger partial charge in [0.05, 0.1) is 4.47 Å². The molecule has 3 heteroatoms. The summed E-state index contributed by atoms with van der Waals surface area (Å²) in [7, 11) is 0. The van der Waals surface area contributed by atoms with Crippen LogP contribution in [0.15, 0.2) is 46.9 Å². The molecule has 0 fully saturated rings. The van der Waals surface area contributed by atoms with Crippen LogP contribution in [0.1, 0.15) is 31.9 Å². The number of nitrogens with one attached hydrogen (secondary N) is 1. The summed E-state index contributed by atoms with van der Waals surface area (Å²) in [4.78, 5) is 0. The van der Waals surface area contributed by atoms with Gasteiger partial charge in [0.2, 0.25) is 0 Å². The van der Waals surface area contributed by atoms with E-state index >= 15 is 0 Å². The second-order valence-electron chi connectivity index (χ2n) is 6.22. The van der Waals surface area contributed by atoms with Crippen molar-refractivity contribution in [2.24, 2.45) is 0 Å². The molecule has 0 aromatic heterocycles. The van der Waals surface area contributed by atoms with Gasteiger partial charge in [0.15, 0.2) is 0 Å². The quantitative estimate of drug-likeness (QED) is 0.795. The number of para-hydroxylation sites is 1. The Morgan fingerprint density at radius 3 is 2.43 bits per heavy atom. The van der Waals surface area contributed by atoms with Crippen molar-refractivity contribution in [1.29, 1.82) is 0 Å². The van der Waals surface area contributed by atoms with Gasteiger partial charge in [-0.25, -0.2) is 0 Å². The second kappa shape index (κ2) is 6.63. The van der Waals surface area contributed by atoms with Gasteiger partial charge >= 0.3 is 0 Å². The minimum Gasteiger partial charge on any atom is -0.456 e. The Labute approximate surface area is 135 Å². The monoisotopic (exact) mass is 347 g/mol. The third-order valence-electron chi connectivity index (χ3n) is 3.19. The third kappa shape index (κ3) is 4.87. The molecule has 0 heterocycles. The Bertz CT molecular complexity index is 617. The first-order valence-corrected chi connectivity index (χ1v) is 7.91. The number of aryl methyl sites for hydroxylation is 1. The zero-order chi connectivity index (χ0) is 15.5. The van der Waals surface area contributed by atoms with E-state index in [4.69, 9.17) is 4.74 Å². The van der Waals surface area contributed by atoms with Crippen molar-refractivity contribution >= 4 is 15.9 Å². The molecule has 0 saturated carbocycles. The summed E-state index contributed by atoms with van der Waals surface area (Å²) in [6.07, 6.45) is 0. The number of halogens is 1. The van der Waals surface area contributed by atoms with Crippen LogP contribution in [0.3, 0.4) is 0 Å². The van der Waals surface area contributed by atoms with E-state index in [2.05, 4.69) is 61.1 Å². The zero-order valence-corrected chi connectivity index (χ0v) is 14.6. The molecular formula is C18H22BrNO. The maximum absolute atomic E-state index is 5.92. The molecule has 0 bridgehead atoms. The molecule has 112 valence electrons. The van der Waals surface area contributed by atoms with Crippen LogP contribution in [-0.4, -0.2) is 5.54 Å². The third-order valence-corrected chi connectivity index (χ3v) is 3.84. The summed E-state index contributed by atoms with van der Waals surface area (Å²) in [5, 5.41) is 3.51. The van der Waals surface area contributed by atoms with Gasteiger partial charge in [0.25, 0.3) is 0 Å². The van der Waals surface area contributed by atoms with Crippen molar-refractivity contribution < 1.29 is 4.74 Å². The molecule has 2 aromatic carbocycles. The van der Waals surface area contributed by atoms with Gasteiger partial charge in [-0.1, -0.05) is 18.2 Å². The zero-order valence-electron chi connectivity index (χ0n) is 13.0. The number of hydrogen-bond donors (Lipinski definition) is 1. The molecule has 0 amide bonds. The number of ether oxygens (including phenoxy) is 1. The second-order valence-corrected chi connectivity index (χ2v) is 7.08. The summed E-state index contributed by atoms with van der Waals surface area (Å²) < 4.78 is 6.88. The topological polar surface area (TPSA) is 21.3 Å². The molecule has 21 heavy (non-hydrogen) atoms. The van der Waals surface area contributed by atoms with E-state index in [-0.39, 0.29) is 5.54 Å². The average Bonchev–Trinajstić information content (AvgIpc) is 2.39. The fourth-order valence-corrected chi connectivity index (χ4v) is 2.31. The van der Waals surface area contributed by atoms with Crippen LogP contribution in [0.25, 0.3) is 0 Å². The van der Waals surface area contributed by atoms with Crippen LogP contribution < -0.4 is 10.1 Å². The van der Waals surface area contributed by atoms with Gasteiger partial charge in [-0.2, -0.15) is 0 Å². The minimum atomic E-state index is 0.122. The molecular weight excluding hydrogens is 326 g/mol. The highest BCUT2D eigenvalue weighted by molar-refractivity contribution is 9.10. The molecule has 1 N–H and O–H groups in total. The fourth-order valence-electron chi connectivity index (χ4n) is 1.95. The Morgan fingerprint density at radius 1 is 1.10 bits per heavy atom. The van der Waals surface area contributed by atoms with Gasteiger partial charge in [-0.3, -0.25) is 0 Å². The van der Waals surface area contributed by atoms with Gasteiger partial charge in [-0.15, -0.1) is 0 Å². The lowest BCUT2D eigenvalue weighted by molar-refractivity contribution is 0.423. The van der Waals surface area contributed by atoms with Crippen LogP contribution in [0, 0.1) is 6.92 Å². The molecule has 0 aliphatic heterocycles. The van der Waals surface area contributed by atoms with Crippen LogP contribution >= 0.6 is 15.9 Å². The predicted molar refractivity (Wildman–Crippen MR) is 92.0 cm³/mol. The van der Waals surface area contributed by atoms with Crippen molar-refractivity contribution in [1.82, 2.24) is 5.32 Å². The van der Waals surface area contributed by atoms with Gasteiger partial charge in [0, 0.05) is 12.1 Å². The van der Waals surface area contributed by atoms with Crippen molar-refractivity contribution in [3.63, 3.8) is 0 Å². The van der Waals surface area contributed by atoms with E-state index in [9.17, 15) is 0 Å². The van der Waals surface area contributed by atoms with Crippen LogP contribution in [0.5, 0.6) is 11.5 Å². The van der Waals surface area contributed by atoms with E-state index in [0.29, 0.717) is 0 Å². The first-order chi connectivity index (χ1) is 9.85. The van der Waals surface area contributed by atoms with Gasteiger partial charge in [0.1, 0.15) is 11.5 Å². The molecule has 0 radical (unpaired) electrons. The fraction of sp³-hybridized carbons (Fsp3) is 0.333. The Kier molecular flexibility index (Phi) is 5.07. The molecule has 2 aromatic rings. The molecule has 0 spiro atoms. The first kappa shape index (κ1) is 16.1. The molecule has 2 nitrogen and oxygen atoms in total. The lowest BCUT2D eigenvalue weighted by Gasteiger charge is -2.21. The van der Waals surface area contributed by atoms with Crippen molar-refractivity contribution in [3.05, 3.63) is 58.1 Å². The standard InChI is InChI=1S/C18H22BrNO/c1-13-11-15(21-17-8-6-5-7-16(17)19)10-9-14(13)12-20-18(2,3)4/h5-11,20H,12H2,1-4H3. The van der Waals surface area contributed by atoms with Crippen molar-refractivity contribution in [2.45, 2.75) is 39.8 Å². The molecule has 0 saturated heterocycles. The van der Waals surface area contributed by atoms with Gasteiger partial charge < -0.3 is 10.1 Å². The highest BCUT2D eigenvalue weighted by Gasteiger charge is 2.10. The van der Waals surface area contributed by atoms with E-state index < -0.39 is 0 Å². The largest absolute Gasteiger partial charge is 0.456 e. The molecule has 2 rings (SSSR count). The molecule has 0 aliphatic carbocycles. The van der Waals surface area contributed by atoms with E-state index in [1.165, 1.54) is 11.1 Å². The maximum Gasteiger partial charge on any atom is 0.141 e. The van der Waals surface area contributed by atoms with Crippen molar-refractivity contribution in [2.75, 3.05) is 0 Å². The number of hydrogen-bond acceptors (Lipinski definition) is 2. The van der Waals surface area contributed by atoms with Crippen LogP contribution in [0.4, 0.5) is 0 Å². The van der Waals surface area contributed by atoms with E-state index in [1.807, 2.05) is 30.3 Å². The lowest BCUT2D eigenvalue weighted by Crippen LogP contribution is -2.35. The minimum absolute atomic E-state index is 0.122. The Morgan fingerprint density at radius 2 is 1.81 bits per heavy atom. The molecule has 0 aliphatic rings. The van der Waals surface area contributed by atoms with Crippen LogP contribution in [0.2, 0.25) is 0 Å². The predicted octanol–water partition coefficient (Wildman–Crippen LogP) is 5.44. The summed E-state index contributed by atoms with van der Waals surface area (Å²) >= 11 is 3.50. The summed E-state index contributed by atoms with van der Waals surface area (Å²) in [6.45, 7) is 9.50. The van der Waals surface area contributed by atoms with E-state index in [1.54, 1.807) is 0 Å². The Hall–Kier alpha value is -1.32. The number of benzene rings is 2. The highest BCUT2D eigenvalue weighted by atomic mass is 79.9. The summed E-state index contributed by atoms with van der Waals surface area (Å²) in [5.74, 6) is 1.69. The average molecular weight is 348 g/mol. The normalized spacial score (nSPS) is 11.5. The highest BCUT2D eigenvalue weighted by Crippen LogP contribution is 2.30. The lowest BCUT2D eigenvalue weighted by atomic mass is 10.1. The maximum atomic E-state index is 5.92. The summed E-state index contributed by atoms with van der Waals surface area (Å²) in [5.41, 5.74) is 2.65. The molecule has 0 atom stereocenters. The summed E-state index contributed by atoms with van der Waals surface area (Å²) in [6, 6.07) is 14.1. The van der Waals surface area contributed by atoms with Gasteiger partial charge in [-0.05, 0) is 79.0 Å². The molecule has 0 unspecified atom stereocenters. The van der Waals surface area contributed by atoms with Crippen molar-refractivity contribution in [3.8, 4) is 11.5 Å². The number of rotatable bonds is 4. The van der Waals surface area contributed by atoms with E-state index in [0.717, 1.165) is 22.5 Å². The Balaban J connectivity index is 2.10.